The van der Waals surface area contributed by atoms with Gasteiger partial charge in [0.2, 0.25) is 11.8 Å². The number of benzene rings is 1. The maximum absolute atomic E-state index is 12.1. The molecule has 0 radical (unpaired) electrons. The zero-order valence-corrected chi connectivity index (χ0v) is 12.2. The third-order valence-corrected chi connectivity index (χ3v) is 3.08. The van der Waals surface area contributed by atoms with Gasteiger partial charge in [-0.3, -0.25) is 14.9 Å². The van der Waals surface area contributed by atoms with Gasteiger partial charge in [0.25, 0.3) is 5.69 Å². The fourth-order valence-electron chi connectivity index (χ4n) is 1.99. The topological polar surface area (TPSA) is 94.4 Å². The van der Waals surface area contributed by atoms with Crippen molar-refractivity contribution in [2.75, 3.05) is 12.4 Å². The fraction of sp³-hybridized carbons (Fsp3) is 0.200. The summed E-state index contributed by atoms with van der Waals surface area (Å²) in [6.45, 7) is 1.74. The van der Waals surface area contributed by atoms with E-state index in [1.807, 2.05) is 0 Å². The van der Waals surface area contributed by atoms with E-state index in [4.69, 9.17) is 4.74 Å². The number of rotatable bonds is 5. The number of hydrogen-bond acceptors (Lipinski definition) is 5. The third kappa shape index (κ3) is 3.57. The highest BCUT2D eigenvalue weighted by atomic mass is 16.6. The summed E-state index contributed by atoms with van der Waals surface area (Å²) in [4.78, 5) is 26.7. The van der Waals surface area contributed by atoms with E-state index in [9.17, 15) is 14.9 Å². The zero-order chi connectivity index (χ0) is 16.1. The number of nitrogens with one attached hydrogen (secondary N) is 1. The fourth-order valence-corrected chi connectivity index (χ4v) is 1.99. The number of nitrogens with zero attached hydrogens (tertiary/aromatic N) is 2. The van der Waals surface area contributed by atoms with Gasteiger partial charge in [0.1, 0.15) is 0 Å². The highest BCUT2D eigenvalue weighted by Gasteiger charge is 2.16. The number of para-hydroxylation sites is 1. The molecule has 1 aromatic heterocycles. The molecule has 0 spiro atoms. The summed E-state index contributed by atoms with van der Waals surface area (Å²) in [6.07, 6.45) is -0.0807. The number of nitro benzene ring substituents is 1. The third-order valence-electron chi connectivity index (χ3n) is 3.08. The molecule has 22 heavy (non-hydrogen) atoms. The molecule has 2 rings (SSSR count). The lowest BCUT2D eigenvalue weighted by molar-refractivity contribution is -0.385. The number of aromatic nitrogens is 1. The SMILES string of the molecule is COc1ccc(NC(=O)Cc2ccccc2[N+](=O)[O-])c(C)n1. The van der Waals surface area contributed by atoms with E-state index in [-0.39, 0.29) is 18.0 Å². The van der Waals surface area contributed by atoms with Crippen molar-refractivity contribution in [1.82, 2.24) is 4.98 Å². The Hall–Kier alpha value is -2.96. The second-order valence-corrected chi connectivity index (χ2v) is 4.60. The van der Waals surface area contributed by atoms with Gasteiger partial charge in [-0.1, -0.05) is 18.2 Å². The lowest BCUT2D eigenvalue weighted by Gasteiger charge is -2.09. The molecule has 0 fully saturated rings. The number of ether oxygens (including phenoxy) is 1. The lowest BCUT2D eigenvalue weighted by Crippen LogP contribution is -2.16. The minimum atomic E-state index is -0.497. The number of anilines is 1. The Balaban J connectivity index is 2.12. The first kappa shape index (κ1) is 15.4. The minimum absolute atomic E-state index is 0.0674. The van der Waals surface area contributed by atoms with Crippen LogP contribution >= 0.6 is 0 Å². The maximum Gasteiger partial charge on any atom is 0.273 e. The summed E-state index contributed by atoms with van der Waals surface area (Å²) in [5, 5.41) is 13.6. The van der Waals surface area contributed by atoms with Gasteiger partial charge < -0.3 is 10.1 Å². The summed E-state index contributed by atoms with van der Waals surface area (Å²) >= 11 is 0. The van der Waals surface area contributed by atoms with Crippen molar-refractivity contribution in [1.29, 1.82) is 0 Å². The van der Waals surface area contributed by atoms with E-state index in [1.165, 1.54) is 13.2 Å². The predicted molar refractivity (Wildman–Crippen MR) is 81.0 cm³/mol. The number of nitro groups is 1. The van der Waals surface area contributed by atoms with E-state index >= 15 is 0 Å². The van der Waals surface area contributed by atoms with Gasteiger partial charge in [-0.05, 0) is 13.0 Å². The van der Waals surface area contributed by atoms with Crippen molar-refractivity contribution in [2.24, 2.45) is 0 Å². The molecule has 0 aliphatic heterocycles. The molecule has 0 aliphatic carbocycles. The lowest BCUT2D eigenvalue weighted by atomic mass is 10.1. The first-order valence-electron chi connectivity index (χ1n) is 6.55. The van der Waals surface area contributed by atoms with E-state index in [0.717, 1.165) is 0 Å². The van der Waals surface area contributed by atoms with Crippen LogP contribution in [0.2, 0.25) is 0 Å². The number of carbonyl (C=O) groups is 1. The Labute approximate surface area is 127 Å². The Bertz CT molecular complexity index is 716. The maximum atomic E-state index is 12.1. The van der Waals surface area contributed by atoms with Crippen LogP contribution in [0, 0.1) is 17.0 Å². The molecule has 7 heteroatoms. The number of pyridine rings is 1. The van der Waals surface area contributed by atoms with Crippen molar-refractivity contribution < 1.29 is 14.5 Å². The molecule has 0 atom stereocenters. The number of methoxy groups -OCH3 is 1. The molecule has 7 nitrogen and oxygen atoms in total. The molecule has 114 valence electrons. The first-order valence-corrected chi connectivity index (χ1v) is 6.55. The monoisotopic (exact) mass is 301 g/mol. The molecule has 0 aliphatic rings. The summed E-state index contributed by atoms with van der Waals surface area (Å²) < 4.78 is 4.99. The van der Waals surface area contributed by atoms with Crippen LogP contribution in [0.1, 0.15) is 11.3 Å². The highest BCUT2D eigenvalue weighted by molar-refractivity contribution is 5.93. The summed E-state index contributed by atoms with van der Waals surface area (Å²) in [7, 11) is 1.51. The Morgan fingerprint density at radius 2 is 2.05 bits per heavy atom. The molecule has 1 aromatic carbocycles. The van der Waals surface area contributed by atoms with Gasteiger partial charge in [-0.2, -0.15) is 0 Å². The Morgan fingerprint density at radius 1 is 1.32 bits per heavy atom. The van der Waals surface area contributed by atoms with Crippen LogP contribution in [0.4, 0.5) is 11.4 Å². The smallest absolute Gasteiger partial charge is 0.273 e. The summed E-state index contributed by atoms with van der Waals surface area (Å²) in [5.74, 6) is 0.110. The Kier molecular flexibility index (Phi) is 4.67. The second kappa shape index (κ2) is 6.66. The average molecular weight is 301 g/mol. The van der Waals surface area contributed by atoms with Crippen LogP contribution in [0.3, 0.4) is 0 Å². The zero-order valence-electron chi connectivity index (χ0n) is 12.2. The van der Waals surface area contributed by atoms with E-state index in [2.05, 4.69) is 10.3 Å². The highest BCUT2D eigenvalue weighted by Crippen LogP contribution is 2.20. The molecule has 1 heterocycles. The van der Waals surface area contributed by atoms with Crippen molar-refractivity contribution >= 4 is 17.3 Å². The van der Waals surface area contributed by atoms with Gasteiger partial charge in [0.05, 0.1) is 29.8 Å². The van der Waals surface area contributed by atoms with Crippen molar-refractivity contribution in [2.45, 2.75) is 13.3 Å². The molecule has 1 N–H and O–H groups in total. The number of hydrogen-bond donors (Lipinski definition) is 1. The van der Waals surface area contributed by atoms with Crippen molar-refractivity contribution in [3.8, 4) is 5.88 Å². The van der Waals surface area contributed by atoms with Gasteiger partial charge in [-0.15, -0.1) is 0 Å². The van der Waals surface area contributed by atoms with Crippen molar-refractivity contribution in [3.05, 3.63) is 57.8 Å². The molecule has 0 unspecified atom stereocenters. The largest absolute Gasteiger partial charge is 0.481 e. The van der Waals surface area contributed by atoms with Crippen LogP contribution in [-0.4, -0.2) is 22.9 Å². The first-order chi connectivity index (χ1) is 10.5. The molecular weight excluding hydrogens is 286 g/mol. The summed E-state index contributed by atoms with van der Waals surface area (Å²) in [5.41, 5.74) is 1.45. The van der Waals surface area contributed by atoms with Gasteiger partial charge in [-0.25, -0.2) is 4.98 Å². The van der Waals surface area contributed by atoms with Gasteiger partial charge in [0, 0.05) is 17.7 Å². The molecule has 0 saturated carbocycles. The quantitative estimate of drug-likeness (QED) is 0.676. The van der Waals surface area contributed by atoms with Crippen LogP contribution < -0.4 is 10.1 Å². The molecule has 0 bridgehead atoms. The number of carbonyl (C=O) groups excluding carboxylic acids is 1. The number of amides is 1. The van der Waals surface area contributed by atoms with E-state index < -0.39 is 4.92 Å². The Morgan fingerprint density at radius 3 is 2.68 bits per heavy atom. The molecule has 2 aromatic rings. The molecule has 1 amide bonds. The normalized spacial score (nSPS) is 10.1. The minimum Gasteiger partial charge on any atom is -0.481 e. The number of aryl methyl sites for hydroxylation is 1. The second-order valence-electron chi connectivity index (χ2n) is 4.60. The predicted octanol–water partition coefficient (Wildman–Crippen LogP) is 2.49. The van der Waals surface area contributed by atoms with E-state index in [1.54, 1.807) is 37.3 Å². The standard InChI is InChI=1S/C15H15N3O4/c1-10-12(7-8-15(16-10)22-2)17-14(19)9-11-5-3-4-6-13(11)18(20)21/h3-8H,9H2,1-2H3,(H,17,19). The van der Waals surface area contributed by atoms with Gasteiger partial charge in [0.15, 0.2) is 0 Å². The van der Waals surface area contributed by atoms with Crippen LogP contribution in [0.15, 0.2) is 36.4 Å². The van der Waals surface area contributed by atoms with Crippen molar-refractivity contribution in [3.63, 3.8) is 0 Å². The molecule has 0 saturated heterocycles. The average Bonchev–Trinajstić information content (AvgIpc) is 2.49. The summed E-state index contributed by atoms with van der Waals surface area (Å²) in [6, 6.07) is 9.48. The van der Waals surface area contributed by atoms with Crippen LogP contribution in [0.25, 0.3) is 0 Å². The van der Waals surface area contributed by atoms with Gasteiger partial charge >= 0.3 is 0 Å². The molecular formula is C15H15N3O4. The van der Waals surface area contributed by atoms with E-state index in [0.29, 0.717) is 22.8 Å². The van der Waals surface area contributed by atoms with Crippen LogP contribution in [0.5, 0.6) is 5.88 Å². The van der Waals surface area contributed by atoms with Crippen LogP contribution in [-0.2, 0) is 11.2 Å².